The average Bonchev–Trinajstić information content (AvgIpc) is 2.74. The molecule has 1 amide bonds. The van der Waals surface area contributed by atoms with Crippen molar-refractivity contribution in [3.05, 3.63) is 59.1 Å². The van der Waals surface area contributed by atoms with Gasteiger partial charge in [0.25, 0.3) is 0 Å². The number of rotatable bonds is 8. The number of benzene rings is 2. The maximum absolute atomic E-state index is 13.1. The molecule has 0 aromatic heterocycles. The molecule has 6 nitrogen and oxygen atoms in total. The Labute approximate surface area is 183 Å². The average molecular weight is 451 g/mol. The molecule has 2 aromatic carbocycles. The first-order valence-corrected chi connectivity index (χ1v) is 11.9. The van der Waals surface area contributed by atoms with E-state index >= 15 is 0 Å². The lowest BCUT2D eigenvalue weighted by Crippen LogP contribution is -2.46. The smallest absolute Gasteiger partial charge is 0.243 e. The van der Waals surface area contributed by atoms with Crippen LogP contribution in [0.5, 0.6) is 5.75 Å². The van der Waals surface area contributed by atoms with Crippen molar-refractivity contribution in [1.82, 2.24) is 9.62 Å². The molecule has 0 spiro atoms. The molecule has 0 unspecified atom stereocenters. The Morgan fingerprint density at radius 2 is 1.90 bits per heavy atom. The number of piperidine rings is 1. The summed E-state index contributed by atoms with van der Waals surface area (Å²) in [6, 6.07) is 13.5. The topological polar surface area (TPSA) is 75.7 Å². The maximum atomic E-state index is 13.1. The molecule has 162 valence electrons. The van der Waals surface area contributed by atoms with E-state index in [1.165, 1.54) is 16.4 Å². The zero-order chi connectivity index (χ0) is 21.6. The van der Waals surface area contributed by atoms with Crippen LogP contribution in [0, 0.1) is 0 Å². The van der Waals surface area contributed by atoms with Crippen molar-refractivity contribution in [2.24, 2.45) is 0 Å². The van der Waals surface area contributed by atoms with Gasteiger partial charge in [0.05, 0.1) is 12.0 Å². The van der Waals surface area contributed by atoms with Crippen LogP contribution in [-0.2, 0) is 21.2 Å². The second kappa shape index (κ2) is 10.3. The number of carbonyl (C=O) groups is 1. The summed E-state index contributed by atoms with van der Waals surface area (Å²) in [7, 11) is -2.05. The first-order chi connectivity index (χ1) is 14.4. The van der Waals surface area contributed by atoms with Gasteiger partial charge in [0, 0.05) is 30.6 Å². The number of methoxy groups -OCH3 is 1. The normalized spacial score (nSPS) is 17.5. The molecule has 2 aromatic rings. The minimum Gasteiger partial charge on any atom is -0.496 e. The summed E-state index contributed by atoms with van der Waals surface area (Å²) in [5, 5.41) is 3.40. The first-order valence-electron chi connectivity index (χ1n) is 10.1. The van der Waals surface area contributed by atoms with Crippen LogP contribution in [0.2, 0.25) is 5.02 Å². The van der Waals surface area contributed by atoms with Crippen LogP contribution < -0.4 is 10.1 Å². The van der Waals surface area contributed by atoms with Gasteiger partial charge in [-0.25, -0.2) is 8.42 Å². The molecule has 1 heterocycles. The number of nitrogens with one attached hydrogen (secondary N) is 1. The van der Waals surface area contributed by atoms with Gasteiger partial charge in [0.1, 0.15) is 5.75 Å². The number of sulfonamides is 1. The summed E-state index contributed by atoms with van der Waals surface area (Å²) in [6.45, 7) is 0.889. The molecule has 1 atom stereocenters. The molecular formula is C22H27ClN2O4S. The number of carbonyl (C=O) groups excluding carboxylic acids is 1. The molecule has 1 fully saturated rings. The lowest BCUT2D eigenvalue weighted by molar-refractivity contribution is -0.122. The van der Waals surface area contributed by atoms with Gasteiger partial charge in [-0.1, -0.05) is 36.2 Å². The number of amides is 1. The molecule has 1 aliphatic heterocycles. The van der Waals surface area contributed by atoms with Crippen LogP contribution in [0.3, 0.4) is 0 Å². The van der Waals surface area contributed by atoms with E-state index in [1.807, 2.05) is 24.3 Å². The van der Waals surface area contributed by atoms with Gasteiger partial charge in [0.15, 0.2) is 0 Å². The minimum atomic E-state index is -3.67. The molecule has 1 N–H and O–H groups in total. The largest absolute Gasteiger partial charge is 0.496 e. The Bertz CT molecular complexity index is 963. The lowest BCUT2D eigenvalue weighted by atomic mass is 10.0. The maximum Gasteiger partial charge on any atom is 0.243 e. The Balaban J connectivity index is 1.61. The molecule has 3 rings (SSSR count). The Kier molecular flexibility index (Phi) is 7.75. The Hall–Kier alpha value is -2.09. The van der Waals surface area contributed by atoms with Gasteiger partial charge in [-0.2, -0.15) is 4.31 Å². The first kappa shape index (κ1) is 22.6. The van der Waals surface area contributed by atoms with E-state index in [0.29, 0.717) is 31.0 Å². The molecule has 30 heavy (non-hydrogen) atoms. The van der Waals surface area contributed by atoms with E-state index in [0.717, 1.165) is 24.2 Å². The Morgan fingerprint density at radius 3 is 2.63 bits per heavy atom. The number of hydrogen-bond acceptors (Lipinski definition) is 4. The van der Waals surface area contributed by atoms with Crippen molar-refractivity contribution in [1.29, 1.82) is 0 Å². The van der Waals surface area contributed by atoms with Crippen molar-refractivity contribution < 1.29 is 17.9 Å². The van der Waals surface area contributed by atoms with Crippen molar-refractivity contribution in [2.45, 2.75) is 43.0 Å². The van der Waals surface area contributed by atoms with E-state index in [-0.39, 0.29) is 23.3 Å². The van der Waals surface area contributed by atoms with Gasteiger partial charge in [-0.05, 0) is 55.2 Å². The van der Waals surface area contributed by atoms with Gasteiger partial charge >= 0.3 is 0 Å². The highest BCUT2D eigenvalue weighted by atomic mass is 35.5. The van der Waals surface area contributed by atoms with Crippen molar-refractivity contribution in [3.63, 3.8) is 0 Å². The van der Waals surface area contributed by atoms with Gasteiger partial charge in [-0.15, -0.1) is 0 Å². The SMILES string of the molecule is COc1ccccc1CCNC(=O)C[C@H]1CCCCN1S(=O)(=O)c1ccc(Cl)cc1. The molecule has 1 aliphatic rings. The molecular weight excluding hydrogens is 424 g/mol. The summed E-state index contributed by atoms with van der Waals surface area (Å²) < 4.78 is 33.0. The van der Waals surface area contributed by atoms with E-state index in [9.17, 15) is 13.2 Å². The highest BCUT2D eigenvalue weighted by Crippen LogP contribution is 2.27. The van der Waals surface area contributed by atoms with E-state index in [2.05, 4.69) is 5.32 Å². The zero-order valence-corrected chi connectivity index (χ0v) is 18.6. The molecule has 1 saturated heterocycles. The van der Waals surface area contributed by atoms with Crippen molar-refractivity contribution in [2.75, 3.05) is 20.2 Å². The predicted octanol–water partition coefficient (Wildman–Crippen LogP) is 3.64. The monoisotopic (exact) mass is 450 g/mol. The van der Waals surface area contributed by atoms with Crippen LogP contribution in [0.25, 0.3) is 0 Å². The second-order valence-electron chi connectivity index (χ2n) is 7.34. The van der Waals surface area contributed by atoms with Gasteiger partial charge in [0.2, 0.25) is 15.9 Å². The van der Waals surface area contributed by atoms with Gasteiger partial charge in [-0.3, -0.25) is 4.79 Å². The Morgan fingerprint density at radius 1 is 1.17 bits per heavy atom. The summed E-state index contributed by atoms with van der Waals surface area (Å²) in [5.41, 5.74) is 1.02. The van der Waals surface area contributed by atoms with Crippen LogP contribution in [0.4, 0.5) is 0 Å². The number of nitrogens with zero attached hydrogens (tertiary/aromatic N) is 1. The third-order valence-electron chi connectivity index (χ3n) is 5.32. The third kappa shape index (κ3) is 5.53. The summed E-state index contributed by atoms with van der Waals surface area (Å²) >= 11 is 5.89. The van der Waals surface area contributed by atoms with Crippen LogP contribution in [-0.4, -0.2) is 44.9 Å². The van der Waals surface area contributed by atoms with Crippen LogP contribution >= 0.6 is 11.6 Å². The minimum absolute atomic E-state index is 0.145. The number of halogens is 1. The molecule has 0 bridgehead atoms. The number of ether oxygens (including phenoxy) is 1. The van der Waals surface area contributed by atoms with E-state index in [4.69, 9.17) is 16.3 Å². The quantitative estimate of drug-likeness (QED) is 0.666. The van der Waals surface area contributed by atoms with Crippen molar-refractivity contribution >= 4 is 27.5 Å². The number of hydrogen-bond donors (Lipinski definition) is 1. The molecule has 8 heteroatoms. The highest BCUT2D eigenvalue weighted by molar-refractivity contribution is 7.89. The van der Waals surface area contributed by atoms with Gasteiger partial charge < -0.3 is 10.1 Å². The number of para-hydroxylation sites is 1. The summed E-state index contributed by atoms with van der Waals surface area (Å²) in [6.07, 6.45) is 3.17. The molecule has 0 saturated carbocycles. The van der Waals surface area contributed by atoms with Crippen molar-refractivity contribution in [3.8, 4) is 5.75 Å². The van der Waals surface area contributed by atoms with E-state index < -0.39 is 10.0 Å². The summed E-state index contributed by atoms with van der Waals surface area (Å²) in [5.74, 6) is 0.646. The fourth-order valence-corrected chi connectivity index (χ4v) is 5.59. The predicted molar refractivity (Wildman–Crippen MR) is 117 cm³/mol. The molecule has 0 aliphatic carbocycles. The summed E-state index contributed by atoms with van der Waals surface area (Å²) in [4.78, 5) is 12.7. The van der Waals surface area contributed by atoms with Crippen LogP contribution in [0.15, 0.2) is 53.4 Å². The lowest BCUT2D eigenvalue weighted by Gasteiger charge is -2.34. The van der Waals surface area contributed by atoms with E-state index in [1.54, 1.807) is 19.2 Å². The molecule has 0 radical (unpaired) electrons. The fraction of sp³-hybridized carbons (Fsp3) is 0.409. The second-order valence-corrected chi connectivity index (χ2v) is 9.66. The fourth-order valence-electron chi connectivity index (χ4n) is 3.77. The third-order valence-corrected chi connectivity index (χ3v) is 7.54. The zero-order valence-electron chi connectivity index (χ0n) is 17.0. The standard InChI is InChI=1S/C22H27ClN2O4S/c1-29-21-8-3-2-6-17(21)13-14-24-22(26)16-19-7-4-5-15-25(19)30(27,28)20-11-9-18(23)10-12-20/h2-3,6,8-12,19H,4-5,7,13-16H2,1H3,(H,24,26)/t19-/m1/s1. The highest BCUT2D eigenvalue weighted by Gasteiger charge is 2.34. The van der Waals surface area contributed by atoms with Crippen LogP contribution in [0.1, 0.15) is 31.2 Å².